The first-order chi connectivity index (χ1) is 10.2. The Kier molecular flexibility index (Phi) is 5.50. The first kappa shape index (κ1) is 17.7. The lowest BCUT2D eigenvalue weighted by molar-refractivity contribution is -0.272. The monoisotopic (exact) mass is 336 g/mol. The SMILES string of the molecule is CC(C)CCc1nc(CN2CCC(O)(C(F)(F)F)CC2)cs1. The normalized spacial score (nSPS) is 19.8. The van der Waals surface area contributed by atoms with E-state index >= 15 is 0 Å². The van der Waals surface area contributed by atoms with E-state index in [9.17, 15) is 18.3 Å². The summed E-state index contributed by atoms with van der Waals surface area (Å²) in [5.74, 6) is 0.634. The minimum absolute atomic E-state index is 0.245. The molecule has 22 heavy (non-hydrogen) atoms. The van der Waals surface area contributed by atoms with Crippen molar-refractivity contribution in [2.24, 2.45) is 5.92 Å². The largest absolute Gasteiger partial charge is 0.417 e. The summed E-state index contributed by atoms with van der Waals surface area (Å²) < 4.78 is 38.3. The molecule has 0 aromatic carbocycles. The number of rotatable bonds is 5. The number of hydrogen-bond donors (Lipinski definition) is 1. The van der Waals surface area contributed by atoms with Gasteiger partial charge >= 0.3 is 6.18 Å². The third-order valence-electron chi connectivity index (χ3n) is 4.13. The molecule has 0 unspecified atom stereocenters. The molecule has 0 saturated carbocycles. The van der Waals surface area contributed by atoms with E-state index in [0.717, 1.165) is 23.5 Å². The average molecular weight is 336 g/mol. The smallest absolute Gasteiger partial charge is 0.380 e. The predicted molar refractivity (Wildman–Crippen MR) is 80.8 cm³/mol. The van der Waals surface area contributed by atoms with E-state index in [2.05, 4.69) is 18.8 Å². The van der Waals surface area contributed by atoms with E-state index in [1.54, 1.807) is 11.3 Å². The van der Waals surface area contributed by atoms with E-state index in [0.29, 0.717) is 12.5 Å². The van der Waals surface area contributed by atoms with Gasteiger partial charge in [0.05, 0.1) is 10.7 Å². The average Bonchev–Trinajstić information content (AvgIpc) is 2.86. The Morgan fingerprint density at radius 1 is 1.36 bits per heavy atom. The minimum atomic E-state index is -4.54. The highest BCUT2D eigenvalue weighted by molar-refractivity contribution is 7.09. The number of aromatic nitrogens is 1. The van der Waals surface area contributed by atoms with Crippen molar-refractivity contribution in [3.05, 3.63) is 16.1 Å². The number of piperidine rings is 1. The second-order valence-electron chi connectivity index (χ2n) is 6.47. The van der Waals surface area contributed by atoms with Crippen molar-refractivity contribution in [3.63, 3.8) is 0 Å². The first-order valence-corrected chi connectivity index (χ1v) is 8.52. The van der Waals surface area contributed by atoms with Crippen LogP contribution in [0.15, 0.2) is 5.38 Å². The summed E-state index contributed by atoms with van der Waals surface area (Å²) in [5, 5.41) is 12.7. The van der Waals surface area contributed by atoms with Crippen molar-refractivity contribution in [2.45, 2.75) is 57.9 Å². The molecule has 1 aromatic heterocycles. The molecule has 126 valence electrons. The van der Waals surface area contributed by atoms with Crippen LogP contribution >= 0.6 is 11.3 Å². The fourth-order valence-electron chi connectivity index (χ4n) is 2.54. The zero-order valence-electron chi connectivity index (χ0n) is 13.0. The molecule has 1 aliphatic rings. The topological polar surface area (TPSA) is 36.4 Å². The van der Waals surface area contributed by atoms with Crippen LogP contribution in [0.25, 0.3) is 0 Å². The van der Waals surface area contributed by atoms with E-state index in [1.807, 2.05) is 10.3 Å². The molecule has 0 radical (unpaired) electrons. The molecule has 0 spiro atoms. The van der Waals surface area contributed by atoms with Crippen LogP contribution in [0.4, 0.5) is 13.2 Å². The molecule has 0 aliphatic carbocycles. The lowest BCUT2D eigenvalue weighted by Crippen LogP contribution is -2.53. The van der Waals surface area contributed by atoms with Gasteiger partial charge in [-0.1, -0.05) is 13.8 Å². The molecule has 1 N–H and O–H groups in total. The van der Waals surface area contributed by atoms with Gasteiger partial charge in [-0.2, -0.15) is 13.2 Å². The highest BCUT2D eigenvalue weighted by Crippen LogP contribution is 2.38. The number of alkyl halides is 3. The highest BCUT2D eigenvalue weighted by atomic mass is 32.1. The summed E-state index contributed by atoms with van der Waals surface area (Å²) in [7, 11) is 0. The van der Waals surface area contributed by atoms with E-state index in [1.165, 1.54) is 0 Å². The Bertz CT molecular complexity index is 479. The van der Waals surface area contributed by atoms with Gasteiger partial charge in [0.25, 0.3) is 0 Å². The van der Waals surface area contributed by atoms with Crippen LogP contribution < -0.4 is 0 Å². The Labute approximate surface area is 133 Å². The maximum atomic E-state index is 12.8. The summed E-state index contributed by atoms with van der Waals surface area (Å²) in [6.07, 6.45) is -3.02. The zero-order chi connectivity index (χ0) is 16.4. The van der Waals surface area contributed by atoms with Gasteiger partial charge in [0.1, 0.15) is 0 Å². The molecular weight excluding hydrogens is 313 g/mol. The Morgan fingerprint density at radius 2 is 2.00 bits per heavy atom. The second-order valence-corrected chi connectivity index (χ2v) is 7.41. The van der Waals surface area contributed by atoms with Crippen molar-refractivity contribution in [3.8, 4) is 0 Å². The molecule has 1 fully saturated rings. The van der Waals surface area contributed by atoms with Crippen molar-refractivity contribution in [2.75, 3.05) is 13.1 Å². The van der Waals surface area contributed by atoms with Gasteiger partial charge < -0.3 is 5.11 Å². The third kappa shape index (κ3) is 4.43. The molecule has 1 aliphatic heterocycles. The van der Waals surface area contributed by atoms with Gasteiger partial charge in [-0.25, -0.2) is 4.98 Å². The van der Waals surface area contributed by atoms with E-state index in [-0.39, 0.29) is 25.9 Å². The molecule has 3 nitrogen and oxygen atoms in total. The fourth-order valence-corrected chi connectivity index (χ4v) is 3.35. The first-order valence-electron chi connectivity index (χ1n) is 7.64. The number of nitrogens with zero attached hydrogens (tertiary/aromatic N) is 2. The second kappa shape index (κ2) is 6.84. The summed E-state index contributed by atoms with van der Waals surface area (Å²) in [6.45, 7) is 5.39. The van der Waals surface area contributed by atoms with Crippen LogP contribution in [0.3, 0.4) is 0 Å². The maximum Gasteiger partial charge on any atom is 0.417 e. The zero-order valence-corrected chi connectivity index (χ0v) is 13.8. The Balaban J connectivity index is 1.84. The molecule has 2 rings (SSSR count). The summed E-state index contributed by atoms with van der Waals surface area (Å²) in [5.41, 5.74) is -1.60. The quantitative estimate of drug-likeness (QED) is 0.892. The van der Waals surface area contributed by atoms with Gasteiger partial charge in [-0.05, 0) is 31.6 Å². The van der Waals surface area contributed by atoms with Crippen molar-refractivity contribution >= 4 is 11.3 Å². The minimum Gasteiger partial charge on any atom is -0.380 e. The number of halogens is 3. The molecule has 0 bridgehead atoms. The van der Waals surface area contributed by atoms with Crippen LogP contribution in [0.2, 0.25) is 0 Å². The lowest BCUT2D eigenvalue weighted by Gasteiger charge is -2.38. The number of likely N-dealkylation sites (tertiary alicyclic amines) is 1. The van der Waals surface area contributed by atoms with Gasteiger partial charge in [-0.3, -0.25) is 4.90 Å². The van der Waals surface area contributed by atoms with Crippen LogP contribution in [-0.4, -0.2) is 39.9 Å². The Morgan fingerprint density at radius 3 is 2.55 bits per heavy atom. The van der Waals surface area contributed by atoms with E-state index < -0.39 is 11.8 Å². The van der Waals surface area contributed by atoms with Gasteiger partial charge in [0.2, 0.25) is 0 Å². The standard InChI is InChI=1S/C15H23F3N2OS/c1-11(2)3-4-13-19-12(10-22-13)9-20-7-5-14(21,6-8-20)15(16,17)18/h10-11,21H,3-9H2,1-2H3. The van der Waals surface area contributed by atoms with Gasteiger partial charge in [0, 0.05) is 25.0 Å². The summed E-state index contributed by atoms with van der Waals surface area (Å²) >= 11 is 1.62. The number of hydrogen-bond acceptors (Lipinski definition) is 4. The molecular formula is C15H23F3N2OS. The van der Waals surface area contributed by atoms with Gasteiger partial charge in [0.15, 0.2) is 5.60 Å². The highest BCUT2D eigenvalue weighted by Gasteiger charge is 2.54. The maximum absolute atomic E-state index is 12.8. The van der Waals surface area contributed by atoms with Crippen LogP contribution in [-0.2, 0) is 13.0 Å². The van der Waals surface area contributed by atoms with Crippen LogP contribution in [0.1, 0.15) is 43.8 Å². The fraction of sp³-hybridized carbons (Fsp3) is 0.800. The van der Waals surface area contributed by atoms with Gasteiger partial charge in [-0.15, -0.1) is 11.3 Å². The molecule has 1 saturated heterocycles. The summed E-state index contributed by atoms with van der Waals surface area (Å²) in [4.78, 5) is 6.49. The van der Waals surface area contributed by atoms with Crippen LogP contribution in [0, 0.1) is 5.92 Å². The molecule has 1 aromatic rings. The summed E-state index contributed by atoms with van der Waals surface area (Å²) in [6, 6.07) is 0. The third-order valence-corrected chi connectivity index (χ3v) is 5.09. The number of aliphatic hydroxyl groups is 1. The lowest BCUT2D eigenvalue weighted by atomic mass is 9.91. The number of aryl methyl sites for hydroxylation is 1. The molecule has 7 heteroatoms. The molecule has 0 amide bonds. The molecule has 0 atom stereocenters. The Hall–Kier alpha value is -0.660. The van der Waals surface area contributed by atoms with Crippen LogP contribution in [0.5, 0.6) is 0 Å². The van der Waals surface area contributed by atoms with E-state index in [4.69, 9.17) is 0 Å². The van der Waals surface area contributed by atoms with Crippen molar-refractivity contribution in [1.29, 1.82) is 0 Å². The predicted octanol–water partition coefficient (Wildman–Crippen LogP) is 3.62. The molecule has 2 heterocycles. The number of thiazole rings is 1. The van der Waals surface area contributed by atoms with Crippen molar-refractivity contribution < 1.29 is 18.3 Å². The van der Waals surface area contributed by atoms with Crippen molar-refractivity contribution in [1.82, 2.24) is 9.88 Å².